The first-order valence-corrected chi connectivity index (χ1v) is 20.5. The smallest absolute Gasteiger partial charge is 0.472 e. The van der Waals surface area contributed by atoms with E-state index in [4.69, 9.17) is 9.26 Å². The number of ether oxygens (including phenoxy) is 1. The zero-order valence-corrected chi connectivity index (χ0v) is 31.8. The van der Waals surface area contributed by atoms with Crippen molar-refractivity contribution in [3.8, 4) is 0 Å². The summed E-state index contributed by atoms with van der Waals surface area (Å²) in [5.74, 6) is -2.41. The summed E-state index contributed by atoms with van der Waals surface area (Å²) in [7, 11) is -4.73. The fraction of sp³-hybridized carbons (Fsp3) is 0.763. The second-order valence-electron chi connectivity index (χ2n) is 12.8. The van der Waals surface area contributed by atoms with Crippen LogP contribution in [0.1, 0.15) is 155 Å². The number of esters is 1. The summed E-state index contributed by atoms with van der Waals surface area (Å²) in [5, 5.41) is 21.5. The lowest BCUT2D eigenvalue weighted by Crippen LogP contribution is -2.43. The highest BCUT2D eigenvalue weighted by Gasteiger charge is 2.28. The molecule has 0 bridgehead atoms. The monoisotopic (exact) mass is 729 g/mol. The third-order valence-electron chi connectivity index (χ3n) is 7.93. The molecule has 0 aromatic carbocycles. The van der Waals surface area contributed by atoms with Crippen molar-refractivity contribution >= 4 is 25.7 Å². The van der Waals surface area contributed by atoms with Gasteiger partial charge in [0.15, 0.2) is 6.04 Å². The van der Waals surface area contributed by atoms with Gasteiger partial charge in [-0.1, -0.05) is 127 Å². The van der Waals surface area contributed by atoms with E-state index >= 15 is 0 Å². The maximum absolute atomic E-state index is 12.2. The van der Waals surface area contributed by atoms with Gasteiger partial charge in [0.05, 0.1) is 13.2 Å². The van der Waals surface area contributed by atoms with Gasteiger partial charge in [-0.05, 0) is 51.4 Å². The summed E-state index contributed by atoms with van der Waals surface area (Å²) < 4.78 is 26.4. The van der Waals surface area contributed by atoms with Crippen LogP contribution in [0.4, 0.5) is 0 Å². The van der Waals surface area contributed by atoms with Crippen LogP contribution in [0.5, 0.6) is 0 Å². The number of nitrogens with one attached hydrogen (secondary N) is 1. The zero-order valence-electron chi connectivity index (χ0n) is 30.9. The molecule has 0 fully saturated rings. The second kappa shape index (κ2) is 33.8. The summed E-state index contributed by atoms with van der Waals surface area (Å²) in [6.45, 7) is 2.33. The van der Waals surface area contributed by atoms with Gasteiger partial charge in [-0.2, -0.15) is 0 Å². The molecule has 0 saturated heterocycles. The van der Waals surface area contributed by atoms with E-state index < -0.39 is 57.6 Å². The van der Waals surface area contributed by atoms with Crippen LogP contribution in [-0.4, -0.2) is 64.9 Å². The first kappa shape index (κ1) is 47.7. The number of carbonyl (C=O) groups excluding carboxylic acids is 2. The molecule has 3 atom stereocenters. The summed E-state index contributed by atoms with van der Waals surface area (Å²) in [4.78, 5) is 45.2. The quantitative estimate of drug-likeness (QED) is 0.0214. The number of amides is 1. The van der Waals surface area contributed by atoms with Crippen molar-refractivity contribution in [3.05, 3.63) is 36.5 Å². The van der Waals surface area contributed by atoms with Crippen LogP contribution in [0.15, 0.2) is 36.5 Å². The number of unbranched alkanes of at least 4 members (excludes halogenated alkanes) is 15. The van der Waals surface area contributed by atoms with Crippen LogP contribution >= 0.6 is 7.82 Å². The van der Waals surface area contributed by atoms with Crippen LogP contribution < -0.4 is 5.32 Å². The number of hydrogen-bond donors (Lipinski definition) is 4. The van der Waals surface area contributed by atoms with Gasteiger partial charge < -0.3 is 25.2 Å². The van der Waals surface area contributed by atoms with Gasteiger partial charge in [-0.3, -0.25) is 18.6 Å². The number of carboxylic acid groups (broad SMARTS) is 1. The Balaban J connectivity index is 3.85. The SMILES string of the molecule is CCCCC/C=C\C/C=C\C/C=C\CCCCCCCCCCCCC(=O)NC(COP(=O)(O)OCC(O)COC(=O)CCCCC)C(=O)O. The summed E-state index contributed by atoms with van der Waals surface area (Å²) in [6, 6.07) is -1.55. The third kappa shape index (κ3) is 32.9. The predicted octanol–water partition coefficient (Wildman–Crippen LogP) is 8.88. The fourth-order valence-corrected chi connectivity index (χ4v) is 5.68. The Kier molecular flexibility index (Phi) is 32.3. The molecule has 0 spiro atoms. The largest absolute Gasteiger partial charge is 0.480 e. The Morgan fingerprint density at radius 1 is 0.640 bits per heavy atom. The molecule has 12 heteroatoms. The summed E-state index contributed by atoms with van der Waals surface area (Å²) >= 11 is 0. The Morgan fingerprint density at radius 2 is 1.10 bits per heavy atom. The van der Waals surface area contributed by atoms with E-state index in [1.165, 1.54) is 57.8 Å². The molecule has 0 aromatic heterocycles. The van der Waals surface area contributed by atoms with Gasteiger partial charge >= 0.3 is 19.8 Å². The van der Waals surface area contributed by atoms with E-state index in [9.17, 15) is 34.1 Å². The molecule has 0 aliphatic carbocycles. The molecular formula is C38H68NO10P. The van der Waals surface area contributed by atoms with Gasteiger partial charge in [0.25, 0.3) is 0 Å². The van der Waals surface area contributed by atoms with E-state index in [0.717, 1.165) is 57.8 Å². The molecule has 3 unspecified atom stereocenters. The topological polar surface area (TPSA) is 169 Å². The maximum Gasteiger partial charge on any atom is 0.472 e. The molecule has 50 heavy (non-hydrogen) atoms. The average molecular weight is 730 g/mol. The van der Waals surface area contributed by atoms with Crippen LogP contribution in [0.3, 0.4) is 0 Å². The molecule has 0 rings (SSSR count). The minimum atomic E-state index is -4.73. The van der Waals surface area contributed by atoms with Gasteiger partial charge in [0, 0.05) is 12.8 Å². The molecule has 0 aliphatic heterocycles. The normalized spacial score (nSPS) is 14.3. The first-order chi connectivity index (χ1) is 24.1. The number of hydrogen-bond acceptors (Lipinski definition) is 8. The molecule has 0 saturated carbocycles. The number of carboxylic acids is 1. The summed E-state index contributed by atoms with van der Waals surface area (Å²) in [6.07, 6.45) is 34.2. The molecule has 0 heterocycles. The number of phosphoric acid groups is 1. The number of aliphatic hydroxyl groups excluding tert-OH is 1. The Morgan fingerprint density at radius 3 is 1.66 bits per heavy atom. The fourth-order valence-electron chi connectivity index (χ4n) is 4.91. The number of aliphatic hydroxyl groups is 1. The molecule has 290 valence electrons. The minimum Gasteiger partial charge on any atom is -0.480 e. The number of rotatable bonds is 35. The van der Waals surface area contributed by atoms with Gasteiger partial charge in [-0.15, -0.1) is 0 Å². The van der Waals surface area contributed by atoms with Crippen molar-refractivity contribution in [2.24, 2.45) is 0 Å². The third-order valence-corrected chi connectivity index (χ3v) is 8.88. The van der Waals surface area contributed by atoms with Crippen LogP contribution in [0, 0.1) is 0 Å². The zero-order chi connectivity index (χ0) is 37.1. The predicted molar refractivity (Wildman–Crippen MR) is 199 cm³/mol. The number of phosphoric ester groups is 1. The highest BCUT2D eigenvalue weighted by atomic mass is 31.2. The van der Waals surface area contributed by atoms with Crippen molar-refractivity contribution in [1.82, 2.24) is 5.32 Å². The minimum absolute atomic E-state index is 0.141. The molecular weight excluding hydrogens is 661 g/mol. The van der Waals surface area contributed by atoms with Crippen LogP contribution in [-0.2, 0) is 32.7 Å². The molecule has 11 nitrogen and oxygen atoms in total. The Hall–Kier alpha value is -2.30. The molecule has 0 aliphatic rings. The Labute approximate surface area is 301 Å². The van der Waals surface area contributed by atoms with E-state index in [1.807, 2.05) is 6.92 Å². The number of aliphatic carboxylic acids is 1. The van der Waals surface area contributed by atoms with Crippen molar-refractivity contribution in [3.63, 3.8) is 0 Å². The van der Waals surface area contributed by atoms with Gasteiger partial charge in [0.2, 0.25) is 5.91 Å². The van der Waals surface area contributed by atoms with E-state index in [-0.39, 0.29) is 12.8 Å². The summed E-state index contributed by atoms with van der Waals surface area (Å²) in [5.41, 5.74) is 0. The van der Waals surface area contributed by atoms with Crippen molar-refractivity contribution < 1.29 is 47.8 Å². The lowest BCUT2D eigenvalue weighted by molar-refractivity contribution is -0.147. The van der Waals surface area contributed by atoms with E-state index in [1.54, 1.807) is 0 Å². The van der Waals surface area contributed by atoms with Crippen molar-refractivity contribution in [2.75, 3.05) is 19.8 Å². The highest BCUT2D eigenvalue weighted by molar-refractivity contribution is 7.47. The first-order valence-electron chi connectivity index (χ1n) is 19.0. The van der Waals surface area contributed by atoms with Gasteiger partial charge in [0.1, 0.15) is 12.7 Å². The van der Waals surface area contributed by atoms with E-state index in [2.05, 4.69) is 53.2 Å². The standard InChI is InChI=1S/C38H68NO10P/c1-3-5-7-8-9-10-11-12-13-14-15-16-17-18-19-20-21-22-23-24-25-26-28-29-36(41)39-35(38(43)44)33-49-50(45,46)48-32-34(40)31-47-37(42)30-27-6-4-2/h9-10,12-13,15-16,34-35,40H,3-8,11,14,17-33H2,1-2H3,(H,39,41)(H,43,44)(H,45,46)/b10-9-,13-12-,16-15-. The van der Waals surface area contributed by atoms with Crippen LogP contribution in [0.2, 0.25) is 0 Å². The lowest BCUT2D eigenvalue weighted by atomic mass is 10.0. The maximum atomic E-state index is 12.2. The average Bonchev–Trinajstić information content (AvgIpc) is 3.08. The lowest BCUT2D eigenvalue weighted by Gasteiger charge is -2.18. The molecule has 4 N–H and O–H groups in total. The number of allylic oxidation sites excluding steroid dienone is 6. The van der Waals surface area contributed by atoms with Crippen molar-refractivity contribution in [1.29, 1.82) is 0 Å². The Bertz CT molecular complexity index is 1000. The number of carbonyl (C=O) groups is 3. The second-order valence-corrected chi connectivity index (χ2v) is 14.2. The molecule has 0 aromatic rings. The highest BCUT2D eigenvalue weighted by Crippen LogP contribution is 2.43. The molecule has 0 radical (unpaired) electrons. The van der Waals surface area contributed by atoms with Crippen LogP contribution in [0.25, 0.3) is 0 Å². The van der Waals surface area contributed by atoms with E-state index in [0.29, 0.717) is 12.8 Å². The van der Waals surface area contributed by atoms with Gasteiger partial charge in [-0.25, -0.2) is 9.36 Å². The van der Waals surface area contributed by atoms with Crippen molar-refractivity contribution in [2.45, 2.75) is 167 Å². The molecule has 1 amide bonds.